The first-order valence-corrected chi connectivity index (χ1v) is 10.5. The number of piperidine rings is 1. The Labute approximate surface area is 165 Å². The summed E-state index contributed by atoms with van der Waals surface area (Å²) in [5.41, 5.74) is 6.83. The van der Waals surface area contributed by atoms with E-state index >= 15 is 0 Å². The maximum absolute atomic E-state index is 12.9. The van der Waals surface area contributed by atoms with Crippen LogP contribution in [0.1, 0.15) is 55.3 Å². The van der Waals surface area contributed by atoms with Gasteiger partial charge in [-0.05, 0) is 51.2 Å². The molecule has 2 heterocycles. The Morgan fingerprint density at radius 3 is 2.56 bits per heavy atom. The van der Waals surface area contributed by atoms with Crippen LogP contribution in [0.3, 0.4) is 0 Å². The third-order valence-corrected chi connectivity index (χ3v) is 7.40. The van der Waals surface area contributed by atoms with Crippen molar-refractivity contribution in [2.75, 3.05) is 13.1 Å². The molecule has 2 fully saturated rings. The van der Waals surface area contributed by atoms with Gasteiger partial charge in [0.2, 0.25) is 15.9 Å². The van der Waals surface area contributed by atoms with E-state index in [-0.39, 0.29) is 18.3 Å². The second-order valence-electron chi connectivity index (χ2n) is 7.48. The number of hydrogen-bond donors (Lipinski definition) is 1. The molecule has 1 aliphatic heterocycles. The topological polar surface area (TPSA) is 102 Å². The molecule has 148 valence electrons. The van der Waals surface area contributed by atoms with Gasteiger partial charge in [0.1, 0.15) is 0 Å². The molecule has 0 spiro atoms. The van der Waals surface area contributed by atoms with Crippen LogP contribution in [-0.2, 0) is 15.6 Å². The Morgan fingerprint density at radius 2 is 1.93 bits per heavy atom. The SMILES string of the molecule is Cc1ccc(S(=O)(=O)N2CCCC(c3nc(C4(N)CCC4)no3)C2)cc1.Cl. The van der Waals surface area contributed by atoms with Gasteiger partial charge in [-0.3, -0.25) is 0 Å². The fourth-order valence-electron chi connectivity index (χ4n) is 3.61. The van der Waals surface area contributed by atoms with Crippen LogP contribution in [0, 0.1) is 6.92 Å². The number of aromatic nitrogens is 2. The van der Waals surface area contributed by atoms with Gasteiger partial charge in [0.25, 0.3) is 0 Å². The summed E-state index contributed by atoms with van der Waals surface area (Å²) in [4.78, 5) is 4.83. The maximum atomic E-state index is 12.9. The minimum atomic E-state index is -3.52. The molecule has 2 aromatic rings. The Kier molecular flexibility index (Phi) is 5.63. The molecule has 1 aromatic carbocycles. The van der Waals surface area contributed by atoms with Crippen molar-refractivity contribution in [1.82, 2.24) is 14.4 Å². The van der Waals surface area contributed by atoms with E-state index in [1.54, 1.807) is 12.1 Å². The third kappa shape index (κ3) is 3.76. The van der Waals surface area contributed by atoms with E-state index in [9.17, 15) is 8.42 Å². The molecule has 2 aliphatic rings. The van der Waals surface area contributed by atoms with E-state index in [2.05, 4.69) is 10.1 Å². The highest BCUT2D eigenvalue weighted by molar-refractivity contribution is 7.89. The number of rotatable bonds is 4. The smallest absolute Gasteiger partial charge is 0.243 e. The molecule has 9 heteroatoms. The molecule has 0 amide bonds. The summed E-state index contributed by atoms with van der Waals surface area (Å²) in [7, 11) is -3.52. The highest BCUT2D eigenvalue weighted by atomic mass is 35.5. The summed E-state index contributed by atoms with van der Waals surface area (Å²) in [5.74, 6) is 0.965. The number of halogens is 1. The zero-order chi connectivity index (χ0) is 18.4. The molecule has 1 saturated heterocycles. The van der Waals surface area contributed by atoms with Crippen molar-refractivity contribution in [3.05, 3.63) is 41.5 Å². The van der Waals surface area contributed by atoms with Crippen molar-refractivity contribution < 1.29 is 12.9 Å². The van der Waals surface area contributed by atoms with Gasteiger partial charge in [-0.2, -0.15) is 9.29 Å². The lowest BCUT2D eigenvalue weighted by Gasteiger charge is -2.34. The van der Waals surface area contributed by atoms with E-state index in [4.69, 9.17) is 10.3 Å². The fraction of sp³-hybridized carbons (Fsp3) is 0.556. The van der Waals surface area contributed by atoms with E-state index in [1.807, 2.05) is 19.1 Å². The molecule has 4 rings (SSSR count). The van der Waals surface area contributed by atoms with Crippen LogP contribution in [-0.4, -0.2) is 36.0 Å². The zero-order valence-corrected chi connectivity index (χ0v) is 16.9. The Morgan fingerprint density at radius 1 is 1.22 bits per heavy atom. The first-order valence-electron chi connectivity index (χ1n) is 9.08. The Balaban J connectivity index is 0.00000210. The van der Waals surface area contributed by atoms with Crippen LogP contribution in [0.5, 0.6) is 0 Å². The highest BCUT2D eigenvalue weighted by Crippen LogP contribution is 2.38. The van der Waals surface area contributed by atoms with Crippen molar-refractivity contribution in [1.29, 1.82) is 0 Å². The molecule has 0 radical (unpaired) electrons. The first kappa shape index (κ1) is 20.3. The van der Waals surface area contributed by atoms with Crippen molar-refractivity contribution in [3.8, 4) is 0 Å². The summed E-state index contributed by atoms with van der Waals surface area (Å²) in [6.45, 7) is 2.80. The first-order chi connectivity index (χ1) is 12.4. The van der Waals surface area contributed by atoms with Crippen molar-refractivity contribution in [2.45, 2.75) is 55.4 Å². The van der Waals surface area contributed by atoms with Crippen molar-refractivity contribution in [3.63, 3.8) is 0 Å². The number of hydrogen-bond acceptors (Lipinski definition) is 6. The standard InChI is InChI=1S/C18H24N4O3S.ClH/c1-13-5-7-15(8-6-13)26(23,24)22-11-2-4-14(12-22)16-20-17(21-25-16)18(19)9-3-10-18;/h5-8,14H,2-4,9-12,19H2,1H3;1H. The molecule has 0 bridgehead atoms. The summed E-state index contributed by atoms with van der Waals surface area (Å²) >= 11 is 0. The second kappa shape index (κ2) is 7.50. The van der Waals surface area contributed by atoms with Gasteiger partial charge < -0.3 is 10.3 Å². The van der Waals surface area contributed by atoms with Crippen LogP contribution in [0.15, 0.2) is 33.7 Å². The highest BCUT2D eigenvalue weighted by Gasteiger charge is 2.40. The average molecular weight is 413 g/mol. The molecule has 1 unspecified atom stereocenters. The lowest BCUT2D eigenvalue weighted by molar-refractivity contribution is 0.226. The van der Waals surface area contributed by atoms with E-state index in [0.717, 1.165) is 37.7 Å². The predicted octanol–water partition coefficient (Wildman–Crippen LogP) is 2.71. The van der Waals surface area contributed by atoms with Crippen LogP contribution in [0.25, 0.3) is 0 Å². The van der Waals surface area contributed by atoms with Gasteiger partial charge >= 0.3 is 0 Å². The van der Waals surface area contributed by atoms with Crippen molar-refractivity contribution >= 4 is 22.4 Å². The molecular weight excluding hydrogens is 388 g/mol. The molecular formula is C18H25ClN4O3S. The average Bonchev–Trinajstić information content (AvgIpc) is 3.11. The lowest BCUT2D eigenvalue weighted by atomic mass is 9.77. The summed E-state index contributed by atoms with van der Waals surface area (Å²) < 4.78 is 32.8. The van der Waals surface area contributed by atoms with Gasteiger partial charge in [-0.15, -0.1) is 12.4 Å². The molecule has 1 atom stereocenters. The molecule has 27 heavy (non-hydrogen) atoms. The minimum absolute atomic E-state index is 0. The van der Waals surface area contributed by atoms with Gasteiger partial charge in [0.15, 0.2) is 5.82 Å². The van der Waals surface area contributed by atoms with E-state index in [1.165, 1.54) is 4.31 Å². The van der Waals surface area contributed by atoms with Gasteiger partial charge in [0, 0.05) is 13.1 Å². The van der Waals surface area contributed by atoms with E-state index in [0.29, 0.717) is 29.7 Å². The van der Waals surface area contributed by atoms with Gasteiger partial charge in [-0.25, -0.2) is 8.42 Å². The molecule has 1 aromatic heterocycles. The van der Waals surface area contributed by atoms with E-state index < -0.39 is 15.6 Å². The lowest BCUT2D eigenvalue weighted by Crippen LogP contribution is -2.44. The Hall–Kier alpha value is -1.48. The number of nitrogens with zero attached hydrogens (tertiary/aromatic N) is 3. The third-order valence-electron chi connectivity index (χ3n) is 5.52. The van der Waals surface area contributed by atoms with Crippen molar-refractivity contribution in [2.24, 2.45) is 5.73 Å². The molecule has 7 nitrogen and oxygen atoms in total. The number of aryl methyl sites for hydroxylation is 1. The maximum Gasteiger partial charge on any atom is 0.243 e. The monoisotopic (exact) mass is 412 g/mol. The van der Waals surface area contributed by atoms with Crippen LogP contribution in [0.2, 0.25) is 0 Å². The summed E-state index contributed by atoms with van der Waals surface area (Å²) in [6, 6.07) is 6.96. The molecule has 1 aliphatic carbocycles. The fourth-order valence-corrected chi connectivity index (χ4v) is 5.13. The summed E-state index contributed by atoms with van der Waals surface area (Å²) in [6.07, 6.45) is 4.40. The normalized spacial score (nSPS) is 22.7. The minimum Gasteiger partial charge on any atom is -0.339 e. The number of sulfonamides is 1. The quantitative estimate of drug-likeness (QED) is 0.828. The Bertz CT molecular complexity index is 894. The van der Waals surface area contributed by atoms with Crippen LogP contribution in [0.4, 0.5) is 0 Å². The number of nitrogens with two attached hydrogens (primary N) is 1. The van der Waals surface area contributed by atoms with Gasteiger partial charge in [-0.1, -0.05) is 22.9 Å². The molecule has 1 saturated carbocycles. The predicted molar refractivity (Wildman–Crippen MR) is 103 cm³/mol. The number of benzene rings is 1. The van der Waals surface area contributed by atoms with Crippen LogP contribution >= 0.6 is 12.4 Å². The second-order valence-corrected chi connectivity index (χ2v) is 9.42. The largest absolute Gasteiger partial charge is 0.339 e. The zero-order valence-electron chi connectivity index (χ0n) is 15.3. The molecule has 2 N–H and O–H groups in total. The van der Waals surface area contributed by atoms with Crippen LogP contribution < -0.4 is 5.73 Å². The van der Waals surface area contributed by atoms with Gasteiger partial charge in [0.05, 0.1) is 16.4 Å². The summed E-state index contributed by atoms with van der Waals surface area (Å²) in [5, 5.41) is 4.06.